The van der Waals surface area contributed by atoms with Gasteiger partial charge in [-0.3, -0.25) is 0 Å². The van der Waals surface area contributed by atoms with Crippen LogP contribution in [0, 0.1) is 0 Å². The summed E-state index contributed by atoms with van der Waals surface area (Å²) in [5, 5.41) is 0. The van der Waals surface area contributed by atoms with Gasteiger partial charge in [-0.15, -0.1) is 0 Å². The van der Waals surface area contributed by atoms with Gasteiger partial charge in [-0.25, -0.2) is 0 Å². The fourth-order valence-corrected chi connectivity index (χ4v) is 16.3. The topological polar surface area (TPSA) is 86.7 Å². The molecule has 2 saturated heterocycles. The number of fused-ring (bicyclic) bond motifs is 1. The van der Waals surface area contributed by atoms with Crippen molar-refractivity contribution in [1.29, 1.82) is 0 Å². The molecule has 66 valence electrons. The van der Waals surface area contributed by atoms with Gasteiger partial charge in [0, 0.05) is 0 Å². The van der Waals surface area contributed by atoms with E-state index in [2.05, 4.69) is 9.47 Å². The van der Waals surface area contributed by atoms with Crippen LogP contribution in [0.5, 0.6) is 0 Å². The van der Waals surface area contributed by atoms with E-state index in [0.29, 0.717) is 0 Å². The number of rotatable bonds is 0. The van der Waals surface area contributed by atoms with Crippen LogP contribution >= 0.6 is 31.7 Å². The maximum atomic E-state index is 10.8. The average Bonchev–Trinajstić information content (AvgIpc) is 2.38. The second-order valence-corrected chi connectivity index (χ2v) is 18.8. The van der Waals surface area contributed by atoms with Crippen LogP contribution in [0.25, 0.3) is 0 Å². The SMILES string of the molecule is O=C1OC(=O)I2C(=O)OC(=O)I12. The second-order valence-electron chi connectivity index (χ2n) is 1.63. The minimum absolute atomic E-state index is 0.773. The van der Waals surface area contributed by atoms with Gasteiger partial charge in [-0.2, -0.15) is 0 Å². The first kappa shape index (κ1) is 8.34. The van der Waals surface area contributed by atoms with Crippen molar-refractivity contribution in [2.24, 2.45) is 0 Å². The third kappa shape index (κ3) is 0.967. The normalized spacial score (nSPS) is 27.3. The van der Waals surface area contributed by atoms with Crippen molar-refractivity contribution in [2.45, 2.75) is 0 Å². The standard InChI is InChI=1S/C4I2O6/c7-1-5-2(8)12-4(10)6(5)3(9)11-1. The summed E-state index contributed by atoms with van der Waals surface area (Å²) in [4.78, 5) is 43.3. The maximum absolute atomic E-state index is 10.8. The van der Waals surface area contributed by atoms with Gasteiger partial charge in [0.1, 0.15) is 0 Å². The molecule has 0 spiro atoms. The van der Waals surface area contributed by atoms with Crippen molar-refractivity contribution in [3.63, 3.8) is 0 Å². The summed E-state index contributed by atoms with van der Waals surface area (Å²) in [6.07, 6.45) is 0. The predicted octanol–water partition coefficient (Wildman–Crippen LogP) is 2.45. The summed E-state index contributed by atoms with van der Waals surface area (Å²) in [6, 6.07) is 0. The molecule has 0 aromatic rings. The molecule has 2 heterocycles. The van der Waals surface area contributed by atoms with Gasteiger partial charge < -0.3 is 0 Å². The van der Waals surface area contributed by atoms with Gasteiger partial charge in [0.25, 0.3) is 0 Å². The number of hydrogen-bond donors (Lipinski definition) is 0. The number of ether oxygens (including phenoxy) is 2. The molecule has 0 aromatic heterocycles. The van der Waals surface area contributed by atoms with E-state index in [0.717, 1.165) is 0 Å². The third-order valence-corrected chi connectivity index (χ3v) is 20.2. The Hall–Kier alpha value is -0.260. The molecular formula is C4I2O6. The molecule has 0 amide bonds. The van der Waals surface area contributed by atoms with E-state index < -0.39 is 47.6 Å². The summed E-state index contributed by atoms with van der Waals surface area (Å²) < 4.78 is 5.33. The molecule has 0 N–H and O–H groups in total. The van der Waals surface area contributed by atoms with Gasteiger partial charge in [0.15, 0.2) is 0 Å². The fourth-order valence-electron chi connectivity index (χ4n) is 0.621. The van der Waals surface area contributed by atoms with Crippen molar-refractivity contribution in [3.8, 4) is 0 Å². The second kappa shape index (κ2) is 2.61. The first-order valence-electron chi connectivity index (χ1n) is 2.53. The Balaban J connectivity index is 2.45. The molecule has 0 saturated carbocycles. The first-order valence-corrected chi connectivity index (χ1v) is 13.1. The zero-order valence-electron chi connectivity index (χ0n) is 5.21. The zero-order valence-corrected chi connectivity index (χ0v) is 9.52. The molecule has 0 unspecified atom stereocenters. The summed E-state index contributed by atoms with van der Waals surface area (Å²) >= 11 is -5.59. The van der Waals surface area contributed by atoms with E-state index >= 15 is 0 Å². The van der Waals surface area contributed by atoms with Crippen molar-refractivity contribution >= 4 is 47.6 Å². The van der Waals surface area contributed by atoms with Gasteiger partial charge in [0.2, 0.25) is 0 Å². The Bertz CT molecular complexity index is 262. The predicted molar refractivity (Wildman–Crippen MR) is 51.8 cm³/mol. The average molecular weight is 398 g/mol. The van der Waals surface area contributed by atoms with Crippen LogP contribution in [0.15, 0.2) is 0 Å². The summed E-state index contributed by atoms with van der Waals surface area (Å²) in [7, 11) is 0. The quantitative estimate of drug-likeness (QED) is 0.354. The van der Waals surface area contributed by atoms with Crippen LogP contribution in [0.4, 0.5) is 19.2 Å². The Labute approximate surface area is 75.8 Å². The van der Waals surface area contributed by atoms with Gasteiger partial charge >= 0.3 is 76.2 Å². The van der Waals surface area contributed by atoms with Crippen molar-refractivity contribution in [1.82, 2.24) is 0 Å². The summed E-state index contributed by atoms with van der Waals surface area (Å²) in [5.74, 6) is 0. The van der Waals surface area contributed by atoms with Crippen LogP contribution in [0.3, 0.4) is 0 Å². The molecule has 2 rings (SSSR count). The van der Waals surface area contributed by atoms with Crippen LogP contribution in [0.1, 0.15) is 0 Å². The molecule has 0 radical (unpaired) electrons. The molecule has 0 atom stereocenters. The Morgan fingerprint density at radius 1 is 0.667 bits per heavy atom. The van der Waals surface area contributed by atoms with E-state index in [-0.39, 0.29) is 0 Å². The van der Waals surface area contributed by atoms with E-state index in [4.69, 9.17) is 0 Å². The van der Waals surface area contributed by atoms with Gasteiger partial charge in [-0.05, 0) is 0 Å². The Morgan fingerprint density at radius 3 is 1.17 bits per heavy atom. The van der Waals surface area contributed by atoms with Crippen LogP contribution < -0.4 is 0 Å². The number of carbonyl (C=O) groups is 4. The Morgan fingerprint density at radius 2 is 0.917 bits per heavy atom. The molecular weight excluding hydrogens is 398 g/mol. The van der Waals surface area contributed by atoms with Crippen LogP contribution in [-0.2, 0) is 9.47 Å². The molecule has 0 aliphatic carbocycles. The summed E-state index contributed by atoms with van der Waals surface area (Å²) in [5.41, 5.74) is 0. The third-order valence-electron chi connectivity index (χ3n) is 1.01. The first-order chi connectivity index (χ1) is 5.61. The minimum atomic E-state index is -2.79. The molecule has 8 heteroatoms. The van der Waals surface area contributed by atoms with Crippen molar-refractivity contribution in [2.75, 3.05) is 0 Å². The van der Waals surface area contributed by atoms with E-state index in [9.17, 15) is 19.2 Å². The molecule has 2 aliphatic heterocycles. The van der Waals surface area contributed by atoms with Gasteiger partial charge in [-0.1, -0.05) is 0 Å². The fraction of sp³-hybridized carbons (Fsp3) is 0. The van der Waals surface area contributed by atoms with E-state index in [1.807, 2.05) is 0 Å². The molecule has 6 nitrogen and oxygen atoms in total. The van der Waals surface area contributed by atoms with Crippen LogP contribution in [-0.4, -0.2) is 15.9 Å². The molecule has 0 aromatic carbocycles. The number of carbonyl (C=O) groups excluding carboxylic acids is 4. The number of cyclic esters (lactones) is 4. The van der Waals surface area contributed by atoms with Crippen molar-refractivity contribution in [3.05, 3.63) is 0 Å². The van der Waals surface area contributed by atoms with E-state index in [1.54, 1.807) is 0 Å². The van der Waals surface area contributed by atoms with Gasteiger partial charge in [0.05, 0.1) is 0 Å². The number of hydrogen-bond acceptors (Lipinski definition) is 6. The number of halogens is 2. The van der Waals surface area contributed by atoms with Crippen molar-refractivity contribution < 1.29 is 28.7 Å². The van der Waals surface area contributed by atoms with E-state index in [1.165, 1.54) is 0 Å². The zero-order chi connectivity index (χ0) is 8.88. The molecule has 0 bridgehead atoms. The molecule has 2 aliphatic rings. The monoisotopic (exact) mass is 398 g/mol. The molecule has 2 fully saturated rings. The summed E-state index contributed by atoms with van der Waals surface area (Å²) in [6.45, 7) is 0. The van der Waals surface area contributed by atoms with Crippen LogP contribution in [0.2, 0.25) is 0 Å². The Kier molecular flexibility index (Phi) is 1.82. The molecule has 12 heavy (non-hydrogen) atoms.